The highest BCUT2D eigenvalue weighted by atomic mass is 16.5. The Bertz CT molecular complexity index is 456. The van der Waals surface area contributed by atoms with E-state index in [0.717, 1.165) is 39.1 Å². The molecule has 0 amide bonds. The van der Waals surface area contributed by atoms with Crippen molar-refractivity contribution in [3.05, 3.63) is 0 Å². The van der Waals surface area contributed by atoms with Gasteiger partial charge in [-0.1, -0.05) is 0 Å². The molecule has 20 heavy (non-hydrogen) atoms. The molecule has 2 aliphatic heterocycles. The zero-order valence-corrected chi connectivity index (χ0v) is 12.0. The second-order valence-corrected chi connectivity index (χ2v) is 5.44. The van der Waals surface area contributed by atoms with Crippen LogP contribution in [0.15, 0.2) is 0 Å². The maximum atomic E-state index is 5.85. The third-order valence-corrected chi connectivity index (χ3v) is 4.07. The van der Waals surface area contributed by atoms with Crippen LogP contribution in [0.2, 0.25) is 0 Å². The molecule has 7 nitrogen and oxygen atoms in total. The number of nitrogen functional groups attached to an aromatic ring is 1. The second kappa shape index (κ2) is 5.78. The van der Waals surface area contributed by atoms with Crippen LogP contribution in [0.1, 0.15) is 25.7 Å². The zero-order valence-electron chi connectivity index (χ0n) is 12.0. The van der Waals surface area contributed by atoms with Gasteiger partial charge in [0.2, 0.25) is 17.8 Å². The van der Waals surface area contributed by atoms with Crippen LogP contribution in [0.3, 0.4) is 0 Å². The Kier molecular flexibility index (Phi) is 3.86. The lowest BCUT2D eigenvalue weighted by Gasteiger charge is -2.31. The van der Waals surface area contributed by atoms with Gasteiger partial charge in [-0.3, -0.25) is 0 Å². The van der Waals surface area contributed by atoms with Gasteiger partial charge in [0, 0.05) is 39.4 Å². The first-order chi connectivity index (χ1) is 9.74. The minimum Gasteiger partial charge on any atom is -0.381 e. The molecule has 2 saturated heterocycles. The first kappa shape index (κ1) is 13.4. The molecule has 0 radical (unpaired) electrons. The van der Waals surface area contributed by atoms with Crippen molar-refractivity contribution < 1.29 is 4.74 Å². The number of hydrogen-bond acceptors (Lipinski definition) is 7. The summed E-state index contributed by atoms with van der Waals surface area (Å²) >= 11 is 0. The van der Waals surface area contributed by atoms with Crippen molar-refractivity contribution in [2.75, 3.05) is 48.9 Å². The fourth-order valence-corrected chi connectivity index (χ4v) is 2.82. The Morgan fingerprint density at radius 1 is 1.15 bits per heavy atom. The first-order valence-corrected chi connectivity index (χ1v) is 7.31. The van der Waals surface area contributed by atoms with Gasteiger partial charge >= 0.3 is 0 Å². The Morgan fingerprint density at radius 3 is 2.55 bits per heavy atom. The van der Waals surface area contributed by atoms with E-state index in [1.807, 2.05) is 7.05 Å². The van der Waals surface area contributed by atoms with Gasteiger partial charge in [0.25, 0.3) is 0 Å². The van der Waals surface area contributed by atoms with E-state index in [4.69, 9.17) is 10.5 Å². The van der Waals surface area contributed by atoms with Crippen LogP contribution in [0.25, 0.3) is 0 Å². The molecule has 7 heteroatoms. The average Bonchev–Trinajstić information content (AvgIpc) is 3.01. The first-order valence-electron chi connectivity index (χ1n) is 7.31. The van der Waals surface area contributed by atoms with E-state index >= 15 is 0 Å². The Hall–Kier alpha value is -1.63. The average molecular weight is 278 g/mol. The summed E-state index contributed by atoms with van der Waals surface area (Å²) in [6.07, 6.45) is 4.38. The predicted molar refractivity (Wildman–Crippen MR) is 77.9 cm³/mol. The van der Waals surface area contributed by atoms with Crippen LogP contribution in [-0.4, -0.2) is 54.3 Å². The van der Waals surface area contributed by atoms with Gasteiger partial charge in [0.15, 0.2) is 0 Å². The maximum absolute atomic E-state index is 5.85. The zero-order chi connectivity index (χ0) is 13.9. The van der Waals surface area contributed by atoms with Gasteiger partial charge in [-0.2, -0.15) is 15.0 Å². The van der Waals surface area contributed by atoms with Crippen molar-refractivity contribution in [1.29, 1.82) is 0 Å². The van der Waals surface area contributed by atoms with E-state index in [0.29, 0.717) is 23.9 Å². The number of nitrogens with two attached hydrogens (primary N) is 1. The minimum atomic E-state index is 0.302. The maximum Gasteiger partial charge on any atom is 0.231 e. The number of ether oxygens (including phenoxy) is 1. The number of aromatic nitrogens is 3. The van der Waals surface area contributed by atoms with Gasteiger partial charge in [0.1, 0.15) is 0 Å². The van der Waals surface area contributed by atoms with Crippen molar-refractivity contribution in [3.63, 3.8) is 0 Å². The fourth-order valence-electron chi connectivity index (χ4n) is 2.82. The molecule has 0 atom stereocenters. The van der Waals surface area contributed by atoms with Gasteiger partial charge in [0.05, 0.1) is 0 Å². The topological polar surface area (TPSA) is 80.4 Å². The molecule has 0 spiro atoms. The van der Waals surface area contributed by atoms with Gasteiger partial charge in [-0.15, -0.1) is 0 Å². The van der Waals surface area contributed by atoms with E-state index < -0.39 is 0 Å². The van der Waals surface area contributed by atoms with Crippen molar-refractivity contribution in [2.24, 2.45) is 0 Å². The molecule has 0 aliphatic carbocycles. The summed E-state index contributed by atoms with van der Waals surface area (Å²) in [5.74, 6) is 1.69. The smallest absolute Gasteiger partial charge is 0.231 e. The van der Waals surface area contributed by atoms with E-state index in [2.05, 4.69) is 24.8 Å². The van der Waals surface area contributed by atoms with Crippen LogP contribution >= 0.6 is 0 Å². The molecule has 3 heterocycles. The predicted octanol–water partition coefficient (Wildman–Crippen LogP) is 0.669. The minimum absolute atomic E-state index is 0.302. The van der Waals surface area contributed by atoms with Crippen molar-refractivity contribution >= 4 is 17.8 Å². The number of nitrogens with zero attached hydrogens (tertiary/aromatic N) is 5. The summed E-state index contributed by atoms with van der Waals surface area (Å²) in [7, 11) is 2.03. The normalized spacial score (nSPS) is 20.4. The summed E-state index contributed by atoms with van der Waals surface area (Å²) in [6, 6.07) is 0.414. The number of hydrogen-bond donors (Lipinski definition) is 1. The van der Waals surface area contributed by atoms with E-state index in [1.165, 1.54) is 12.8 Å². The molecule has 2 N–H and O–H groups in total. The Labute approximate surface area is 119 Å². The monoisotopic (exact) mass is 278 g/mol. The summed E-state index contributed by atoms with van der Waals surface area (Å²) in [4.78, 5) is 17.5. The molecule has 0 unspecified atom stereocenters. The standard InChI is InChI=1S/C13H22N6O/c1-18(10-4-8-20-9-5-10)12-15-11(14)16-13(17-12)19-6-2-3-7-19/h10H,2-9H2,1H3,(H2,14,15,16,17). The summed E-state index contributed by atoms with van der Waals surface area (Å²) in [5.41, 5.74) is 5.85. The number of anilines is 3. The third kappa shape index (κ3) is 2.77. The second-order valence-electron chi connectivity index (χ2n) is 5.44. The molecular formula is C13H22N6O. The molecule has 1 aromatic rings. The van der Waals surface area contributed by atoms with E-state index in [9.17, 15) is 0 Å². The highest BCUT2D eigenvalue weighted by Crippen LogP contribution is 2.22. The van der Waals surface area contributed by atoms with E-state index in [-0.39, 0.29) is 0 Å². The SMILES string of the molecule is CN(c1nc(N)nc(N2CCCC2)n1)C1CCOCC1. The molecule has 0 aromatic carbocycles. The lowest BCUT2D eigenvalue weighted by Crippen LogP contribution is -2.38. The van der Waals surface area contributed by atoms with Crippen LogP contribution in [0.4, 0.5) is 17.8 Å². The highest BCUT2D eigenvalue weighted by molar-refractivity contribution is 5.44. The summed E-state index contributed by atoms with van der Waals surface area (Å²) in [6.45, 7) is 3.61. The fraction of sp³-hybridized carbons (Fsp3) is 0.769. The van der Waals surface area contributed by atoms with E-state index in [1.54, 1.807) is 0 Å². The van der Waals surface area contributed by atoms with Crippen LogP contribution in [0, 0.1) is 0 Å². The van der Waals surface area contributed by atoms with Crippen molar-refractivity contribution in [2.45, 2.75) is 31.7 Å². The van der Waals surface area contributed by atoms with Crippen LogP contribution in [0.5, 0.6) is 0 Å². The molecule has 0 saturated carbocycles. The third-order valence-electron chi connectivity index (χ3n) is 4.07. The summed E-state index contributed by atoms with van der Waals surface area (Å²) < 4.78 is 5.40. The summed E-state index contributed by atoms with van der Waals surface area (Å²) in [5, 5.41) is 0. The molecule has 3 rings (SSSR count). The van der Waals surface area contributed by atoms with Crippen LogP contribution in [-0.2, 0) is 4.74 Å². The Morgan fingerprint density at radius 2 is 1.85 bits per heavy atom. The van der Waals surface area contributed by atoms with Gasteiger partial charge < -0.3 is 20.3 Å². The molecule has 2 fully saturated rings. The molecular weight excluding hydrogens is 256 g/mol. The van der Waals surface area contributed by atoms with Crippen molar-refractivity contribution in [3.8, 4) is 0 Å². The lowest BCUT2D eigenvalue weighted by molar-refractivity contribution is 0.0852. The largest absolute Gasteiger partial charge is 0.381 e. The molecule has 110 valence electrons. The number of rotatable bonds is 3. The van der Waals surface area contributed by atoms with Crippen LogP contribution < -0.4 is 15.5 Å². The quantitative estimate of drug-likeness (QED) is 0.870. The lowest BCUT2D eigenvalue weighted by atomic mass is 10.1. The van der Waals surface area contributed by atoms with Gasteiger partial charge in [-0.25, -0.2) is 0 Å². The molecule has 0 bridgehead atoms. The van der Waals surface area contributed by atoms with Crippen molar-refractivity contribution in [1.82, 2.24) is 15.0 Å². The highest BCUT2D eigenvalue weighted by Gasteiger charge is 2.23. The molecule has 1 aromatic heterocycles. The Balaban J connectivity index is 1.80. The molecule has 2 aliphatic rings. The van der Waals surface area contributed by atoms with Gasteiger partial charge in [-0.05, 0) is 25.7 Å².